The van der Waals surface area contributed by atoms with Crippen molar-refractivity contribution in [1.82, 2.24) is 0 Å². The van der Waals surface area contributed by atoms with Gasteiger partial charge in [0.2, 0.25) is 0 Å². The first kappa shape index (κ1) is 14.6. The van der Waals surface area contributed by atoms with Gasteiger partial charge < -0.3 is 10.4 Å². The minimum atomic E-state index is -1.28. The molecule has 108 valence electrons. The molecule has 0 radical (unpaired) electrons. The minimum absolute atomic E-state index is 0.0543. The summed E-state index contributed by atoms with van der Waals surface area (Å²) in [4.78, 5) is 23.1. The number of aromatic carboxylic acids is 1. The molecule has 0 spiro atoms. The number of amides is 1. The molecule has 4 nitrogen and oxygen atoms in total. The molecule has 0 aliphatic rings. The number of aryl methyl sites for hydroxylation is 1. The van der Waals surface area contributed by atoms with Crippen LogP contribution in [0.2, 0.25) is 0 Å². The van der Waals surface area contributed by atoms with Crippen molar-refractivity contribution < 1.29 is 23.5 Å². The molecule has 0 saturated carbocycles. The third-order valence-electron chi connectivity index (χ3n) is 2.94. The van der Waals surface area contributed by atoms with Crippen LogP contribution in [-0.2, 0) is 0 Å². The number of hydrogen-bond acceptors (Lipinski definition) is 2. The SMILES string of the molecule is Cc1cccc(C(=O)O)c1NC(=O)c1cccc(F)c1F. The van der Waals surface area contributed by atoms with E-state index in [1.807, 2.05) is 0 Å². The van der Waals surface area contributed by atoms with Crippen LogP contribution in [0.1, 0.15) is 26.3 Å². The fourth-order valence-electron chi connectivity index (χ4n) is 1.87. The van der Waals surface area contributed by atoms with E-state index in [0.717, 1.165) is 12.1 Å². The Labute approximate surface area is 119 Å². The lowest BCUT2D eigenvalue weighted by atomic mass is 10.1. The molecule has 1 amide bonds. The summed E-state index contributed by atoms with van der Waals surface area (Å²) in [5.74, 6) is -4.57. The topological polar surface area (TPSA) is 66.4 Å². The number of carboxylic acid groups (broad SMARTS) is 1. The Hall–Kier alpha value is -2.76. The van der Waals surface area contributed by atoms with Gasteiger partial charge in [-0.3, -0.25) is 4.79 Å². The van der Waals surface area contributed by atoms with Gasteiger partial charge in [-0.15, -0.1) is 0 Å². The number of benzene rings is 2. The molecule has 0 unspecified atom stereocenters. The quantitative estimate of drug-likeness (QED) is 0.912. The standard InChI is InChI=1S/C15H11F2NO3/c1-8-4-2-6-10(15(20)21)13(8)18-14(19)9-5-3-7-11(16)12(9)17/h2-7H,1H3,(H,18,19)(H,20,21). The van der Waals surface area contributed by atoms with Crippen molar-refractivity contribution in [2.75, 3.05) is 5.32 Å². The van der Waals surface area contributed by atoms with Gasteiger partial charge in [0.05, 0.1) is 16.8 Å². The first-order valence-electron chi connectivity index (χ1n) is 6.00. The van der Waals surface area contributed by atoms with E-state index in [4.69, 9.17) is 5.11 Å². The summed E-state index contributed by atoms with van der Waals surface area (Å²) >= 11 is 0. The Bertz CT molecular complexity index is 729. The van der Waals surface area contributed by atoms with Crippen molar-refractivity contribution in [3.05, 3.63) is 64.7 Å². The predicted molar refractivity (Wildman–Crippen MR) is 72.4 cm³/mol. The van der Waals surface area contributed by atoms with Gasteiger partial charge in [0, 0.05) is 0 Å². The summed E-state index contributed by atoms with van der Waals surface area (Å²) in [5, 5.41) is 11.4. The molecule has 0 fully saturated rings. The number of carboxylic acids is 1. The van der Waals surface area contributed by atoms with Gasteiger partial charge in [0.1, 0.15) is 0 Å². The first-order valence-corrected chi connectivity index (χ1v) is 6.00. The molecule has 0 heterocycles. The highest BCUT2D eigenvalue weighted by Crippen LogP contribution is 2.22. The van der Waals surface area contributed by atoms with Crippen molar-refractivity contribution in [3.63, 3.8) is 0 Å². The van der Waals surface area contributed by atoms with Gasteiger partial charge in [-0.05, 0) is 30.7 Å². The zero-order valence-electron chi connectivity index (χ0n) is 11.0. The highest BCUT2D eigenvalue weighted by atomic mass is 19.2. The lowest BCUT2D eigenvalue weighted by Gasteiger charge is -2.12. The van der Waals surface area contributed by atoms with Crippen molar-refractivity contribution in [2.45, 2.75) is 6.92 Å². The van der Waals surface area contributed by atoms with Crippen LogP contribution in [0, 0.1) is 18.6 Å². The number of hydrogen-bond donors (Lipinski definition) is 2. The van der Waals surface area contributed by atoms with Gasteiger partial charge in [-0.1, -0.05) is 18.2 Å². The summed E-state index contributed by atoms with van der Waals surface area (Å²) in [5.41, 5.74) is -0.0616. The summed E-state index contributed by atoms with van der Waals surface area (Å²) in [6.45, 7) is 1.60. The molecule has 2 rings (SSSR count). The van der Waals surface area contributed by atoms with Crippen LogP contribution in [0.5, 0.6) is 0 Å². The molecule has 21 heavy (non-hydrogen) atoms. The molecule has 0 aliphatic carbocycles. The molecule has 2 N–H and O–H groups in total. The van der Waals surface area contributed by atoms with E-state index in [-0.39, 0.29) is 11.3 Å². The van der Waals surface area contributed by atoms with Crippen molar-refractivity contribution >= 4 is 17.6 Å². The van der Waals surface area contributed by atoms with Crippen LogP contribution >= 0.6 is 0 Å². The fourth-order valence-corrected chi connectivity index (χ4v) is 1.87. The molecule has 6 heteroatoms. The third-order valence-corrected chi connectivity index (χ3v) is 2.94. The monoisotopic (exact) mass is 291 g/mol. The molecule has 0 saturated heterocycles. The predicted octanol–water partition coefficient (Wildman–Crippen LogP) is 3.22. The Morgan fingerprint density at radius 3 is 2.33 bits per heavy atom. The van der Waals surface area contributed by atoms with E-state index < -0.39 is 29.1 Å². The Morgan fingerprint density at radius 1 is 1.05 bits per heavy atom. The number of nitrogens with one attached hydrogen (secondary N) is 1. The van der Waals surface area contributed by atoms with Crippen LogP contribution in [0.3, 0.4) is 0 Å². The Balaban J connectivity index is 2.41. The Morgan fingerprint density at radius 2 is 1.67 bits per heavy atom. The van der Waals surface area contributed by atoms with E-state index in [0.29, 0.717) is 5.56 Å². The summed E-state index contributed by atoms with van der Waals surface area (Å²) in [7, 11) is 0. The van der Waals surface area contributed by atoms with Crippen LogP contribution in [0.15, 0.2) is 36.4 Å². The molecular weight excluding hydrogens is 280 g/mol. The van der Waals surface area contributed by atoms with Crippen LogP contribution in [-0.4, -0.2) is 17.0 Å². The maximum Gasteiger partial charge on any atom is 0.337 e. The highest BCUT2D eigenvalue weighted by Gasteiger charge is 2.19. The number of rotatable bonds is 3. The summed E-state index contributed by atoms with van der Waals surface area (Å²) in [6.07, 6.45) is 0. The van der Waals surface area contributed by atoms with E-state index in [9.17, 15) is 18.4 Å². The molecule has 0 aromatic heterocycles. The summed E-state index contributed by atoms with van der Waals surface area (Å²) < 4.78 is 26.7. The maximum absolute atomic E-state index is 13.6. The van der Waals surface area contributed by atoms with Crippen molar-refractivity contribution in [2.24, 2.45) is 0 Å². The Kier molecular flexibility index (Phi) is 3.98. The zero-order valence-corrected chi connectivity index (χ0v) is 11.0. The lowest BCUT2D eigenvalue weighted by molar-refractivity contribution is 0.0698. The zero-order chi connectivity index (χ0) is 15.6. The van der Waals surface area contributed by atoms with Gasteiger partial charge in [0.15, 0.2) is 11.6 Å². The summed E-state index contributed by atoms with van der Waals surface area (Å²) in [6, 6.07) is 7.65. The second kappa shape index (κ2) is 5.70. The number of para-hydroxylation sites is 1. The average molecular weight is 291 g/mol. The third kappa shape index (κ3) is 2.89. The largest absolute Gasteiger partial charge is 0.478 e. The first-order chi connectivity index (χ1) is 9.91. The molecular formula is C15H11F2NO3. The number of anilines is 1. The van der Waals surface area contributed by atoms with Gasteiger partial charge in [-0.25, -0.2) is 13.6 Å². The second-order valence-electron chi connectivity index (χ2n) is 4.36. The van der Waals surface area contributed by atoms with Crippen LogP contribution < -0.4 is 5.32 Å². The lowest BCUT2D eigenvalue weighted by Crippen LogP contribution is -2.17. The van der Waals surface area contributed by atoms with Gasteiger partial charge in [0.25, 0.3) is 5.91 Å². The minimum Gasteiger partial charge on any atom is -0.478 e. The van der Waals surface area contributed by atoms with E-state index >= 15 is 0 Å². The number of halogens is 2. The number of carbonyl (C=O) groups is 2. The van der Waals surface area contributed by atoms with Gasteiger partial charge in [-0.2, -0.15) is 0 Å². The van der Waals surface area contributed by atoms with E-state index in [1.165, 1.54) is 18.2 Å². The fraction of sp³-hybridized carbons (Fsp3) is 0.0667. The van der Waals surface area contributed by atoms with Crippen molar-refractivity contribution in [1.29, 1.82) is 0 Å². The molecule has 0 atom stereocenters. The normalized spacial score (nSPS) is 10.2. The molecule has 0 aliphatic heterocycles. The van der Waals surface area contributed by atoms with Crippen LogP contribution in [0.25, 0.3) is 0 Å². The van der Waals surface area contributed by atoms with E-state index in [2.05, 4.69) is 5.32 Å². The molecule has 2 aromatic rings. The average Bonchev–Trinajstić information content (AvgIpc) is 2.43. The van der Waals surface area contributed by atoms with E-state index in [1.54, 1.807) is 13.0 Å². The molecule has 2 aromatic carbocycles. The highest BCUT2D eigenvalue weighted by molar-refractivity contribution is 6.08. The van der Waals surface area contributed by atoms with Gasteiger partial charge >= 0.3 is 5.97 Å². The van der Waals surface area contributed by atoms with Crippen LogP contribution in [0.4, 0.5) is 14.5 Å². The second-order valence-corrected chi connectivity index (χ2v) is 4.36. The molecule has 0 bridgehead atoms. The smallest absolute Gasteiger partial charge is 0.337 e. The maximum atomic E-state index is 13.6. The van der Waals surface area contributed by atoms with Crippen molar-refractivity contribution in [3.8, 4) is 0 Å². The number of carbonyl (C=O) groups excluding carboxylic acids is 1.